The van der Waals surface area contributed by atoms with Crippen LogP contribution in [-0.4, -0.2) is 33.8 Å². The number of rotatable bonds is 4. The third-order valence-corrected chi connectivity index (χ3v) is 5.61. The van der Waals surface area contributed by atoms with Crippen molar-refractivity contribution in [3.05, 3.63) is 35.9 Å². The van der Waals surface area contributed by atoms with Crippen LogP contribution in [0.4, 0.5) is 4.79 Å². The monoisotopic (exact) mass is 345 g/mol. The van der Waals surface area contributed by atoms with Crippen molar-refractivity contribution < 1.29 is 14.6 Å². The van der Waals surface area contributed by atoms with Crippen molar-refractivity contribution in [1.29, 1.82) is 0 Å². The normalized spacial score (nSPS) is 28.9. The highest BCUT2D eigenvalue weighted by atomic mass is 16.6. The number of fused-ring (bicyclic) bond motifs is 2. The summed E-state index contributed by atoms with van der Waals surface area (Å²) < 4.78 is 5.54. The zero-order valence-corrected chi connectivity index (χ0v) is 15.7. The molecule has 1 N–H and O–H groups in total. The summed E-state index contributed by atoms with van der Waals surface area (Å²) in [4.78, 5) is 14.5. The number of carbonyl (C=O) groups excluding carboxylic acids is 1. The topological polar surface area (TPSA) is 49.8 Å². The minimum atomic E-state index is -0.630. The van der Waals surface area contributed by atoms with Crippen molar-refractivity contribution in [2.75, 3.05) is 0 Å². The summed E-state index contributed by atoms with van der Waals surface area (Å²) in [6.07, 6.45) is 4.90. The molecule has 4 nitrogen and oxygen atoms in total. The number of benzene rings is 1. The number of amides is 1. The van der Waals surface area contributed by atoms with Gasteiger partial charge in [0.1, 0.15) is 6.61 Å². The first-order valence-electron chi connectivity index (χ1n) is 9.47. The maximum absolute atomic E-state index is 12.6. The van der Waals surface area contributed by atoms with E-state index in [1.165, 1.54) is 0 Å². The number of aliphatic hydroxyl groups is 1. The van der Waals surface area contributed by atoms with E-state index in [0.717, 1.165) is 31.2 Å². The lowest BCUT2D eigenvalue weighted by molar-refractivity contribution is -0.0592. The summed E-state index contributed by atoms with van der Waals surface area (Å²) in [5.41, 5.74) is 0.595. The van der Waals surface area contributed by atoms with Gasteiger partial charge in [-0.15, -0.1) is 0 Å². The molecule has 2 aliphatic rings. The van der Waals surface area contributed by atoms with Crippen molar-refractivity contribution >= 4 is 6.09 Å². The Balaban J connectivity index is 1.57. The molecule has 0 aromatic heterocycles. The molecule has 0 aliphatic carbocycles. The number of carbonyl (C=O) groups is 1. The fourth-order valence-corrected chi connectivity index (χ4v) is 4.23. The molecule has 0 spiro atoms. The molecule has 3 rings (SSSR count). The van der Waals surface area contributed by atoms with E-state index in [0.29, 0.717) is 19.4 Å². The fraction of sp³-hybridized carbons (Fsp3) is 0.667. The predicted octanol–water partition coefficient (Wildman–Crippen LogP) is 4.51. The van der Waals surface area contributed by atoms with Crippen LogP contribution in [0.15, 0.2) is 30.3 Å². The molecule has 2 fully saturated rings. The van der Waals surface area contributed by atoms with Crippen LogP contribution in [0, 0.1) is 5.41 Å². The number of hydrogen-bond acceptors (Lipinski definition) is 3. The minimum absolute atomic E-state index is 0.118. The maximum Gasteiger partial charge on any atom is 0.410 e. The fourth-order valence-electron chi connectivity index (χ4n) is 4.23. The van der Waals surface area contributed by atoms with Crippen LogP contribution >= 0.6 is 0 Å². The van der Waals surface area contributed by atoms with Gasteiger partial charge in [-0.05, 0) is 49.5 Å². The molecular formula is C21H31NO3. The van der Waals surface area contributed by atoms with Crippen LogP contribution in [0.25, 0.3) is 0 Å². The second-order valence-corrected chi connectivity index (χ2v) is 9.03. The van der Waals surface area contributed by atoms with E-state index in [1.807, 2.05) is 35.2 Å². The largest absolute Gasteiger partial charge is 0.445 e. The highest BCUT2D eigenvalue weighted by Gasteiger charge is 2.49. The molecule has 0 radical (unpaired) electrons. The van der Waals surface area contributed by atoms with Crippen molar-refractivity contribution in [2.24, 2.45) is 5.41 Å². The van der Waals surface area contributed by atoms with Crippen molar-refractivity contribution in [3.8, 4) is 0 Å². The molecule has 2 aliphatic heterocycles. The molecule has 2 atom stereocenters. The molecule has 4 heteroatoms. The zero-order chi connectivity index (χ0) is 18.1. The Kier molecular flexibility index (Phi) is 5.10. The Morgan fingerprint density at radius 3 is 2.36 bits per heavy atom. The van der Waals surface area contributed by atoms with E-state index in [9.17, 15) is 9.90 Å². The van der Waals surface area contributed by atoms with Gasteiger partial charge in [-0.1, -0.05) is 51.1 Å². The van der Waals surface area contributed by atoms with Crippen molar-refractivity contribution in [1.82, 2.24) is 4.90 Å². The first kappa shape index (κ1) is 18.2. The summed E-state index contributed by atoms with van der Waals surface area (Å²) in [6, 6.07) is 10.0. The van der Waals surface area contributed by atoms with Gasteiger partial charge in [0.05, 0.1) is 5.60 Å². The minimum Gasteiger partial charge on any atom is -0.445 e. The summed E-state index contributed by atoms with van der Waals surface area (Å²) in [5.74, 6) is 0. The highest BCUT2D eigenvalue weighted by molar-refractivity contribution is 5.69. The van der Waals surface area contributed by atoms with E-state index >= 15 is 0 Å². The molecule has 1 aromatic rings. The number of ether oxygens (including phenoxy) is 1. The van der Waals surface area contributed by atoms with Gasteiger partial charge in [0.15, 0.2) is 0 Å². The Bertz CT molecular complexity index is 579. The van der Waals surface area contributed by atoms with Gasteiger partial charge in [-0.2, -0.15) is 0 Å². The second-order valence-electron chi connectivity index (χ2n) is 9.03. The van der Waals surface area contributed by atoms with Gasteiger partial charge in [-0.25, -0.2) is 4.79 Å². The van der Waals surface area contributed by atoms with Crippen molar-refractivity contribution in [2.45, 2.75) is 83.6 Å². The van der Waals surface area contributed by atoms with Gasteiger partial charge in [0.25, 0.3) is 0 Å². The Hall–Kier alpha value is -1.55. The third-order valence-electron chi connectivity index (χ3n) is 5.61. The number of hydrogen-bond donors (Lipinski definition) is 1. The van der Waals surface area contributed by atoms with E-state index in [2.05, 4.69) is 20.8 Å². The molecule has 2 heterocycles. The number of nitrogens with zero attached hydrogens (tertiary/aromatic N) is 1. The van der Waals surface area contributed by atoms with E-state index in [-0.39, 0.29) is 23.6 Å². The van der Waals surface area contributed by atoms with Gasteiger partial charge < -0.3 is 14.7 Å². The second kappa shape index (κ2) is 6.99. The Morgan fingerprint density at radius 1 is 1.20 bits per heavy atom. The standard InChI is InChI=1S/C21H31NO3/c1-20(2,3)11-12-21(24)13-17-9-10-18(14-21)22(17)19(23)25-15-16-7-5-4-6-8-16/h4-8,17-18,24H,9-15H2,1-3H3. The molecular weight excluding hydrogens is 314 g/mol. The van der Waals surface area contributed by atoms with Gasteiger partial charge in [0, 0.05) is 12.1 Å². The average Bonchev–Trinajstić information content (AvgIpc) is 2.84. The Labute approximate surface area is 151 Å². The zero-order valence-electron chi connectivity index (χ0n) is 15.7. The third kappa shape index (κ3) is 4.55. The molecule has 138 valence electrons. The van der Waals surface area contributed by atoms with E-state index < -0.39 is 5.60 Å². The smallest absolute Gasteiger partial charge is 0.410 e. The van der Waals surface area contributed by atoms with Gasteiger partial charge >= 0.3 is 6.09 Å². The predicted molar refractivity (Wildman–Crippen MR) is 98.1 cm³/mol. The highest BCUT2D eigenvalue weighted by Crippen LogP contribution is 2.44. The molecule has 2 saturated heterocycles. The summed E-state index contributed by atoms with van der Waals surface area (Å²) >= 11 is 0. The van der Waals surface area contributed by atoms with Crippen LogP contribution in [0.5, 0.6) is 0 Å². The summed E-state index contributed by atoms with van der Waals surface area (Å²) in [7, 11) is 0. The van der Waals surface area contributed by atoms with Crippen LogP contribution in [-0.2, 0) is 11.3 Å². The van der Waals surface area contributed by atoms with E-state index in [1.54, 1.807) is 0 Å². The summed E-state index contributed by atoms with van der Waals surface area (Å²) in [6.45, 7) is 6.94. The van der Waals surface area contributed by atoms with Crippen molar-refractivity contribution in [3.63, 3.8) is 0 Å². The quantitative estimate of drug-likeness (QED) is 0.873. The number of piperidine rings is 1. The molecule has 2 unspecified atom stereocenters. The lowest BCUT2D eigenvalue weighted by atomic mass is 9.78. The maximum atomic E-state index is 12.6. The molecule has 0 saturated carbocycles. The average molecular weight is 345 g/mol. The van der Waals surface area contributed by atoms with Gasteiger partial charge in [-0.3, -0.25) is 0 Å². The van der Waals surface area contributed by atoms with E-state index in [4.69, 9.17) is 4.74 Å². The lowest BCUT2D eigenvalue weighted by Crippen LogP contribution is -2.53. The molecule has 2 bridgehead atoms. The molecule has 1 amide bonds. The molecule has 1 aromatic carbocycles. The summed E-state index contributed by atoms with van der Waals surface area (Å²) in [5, 5.41) is 11.0. The van der Waals surface area contributed by atoms with Gasteiger partial charge in [0.2, 0.25) is 0 Å². The molecule has 25 heavy (non-hydrogen) atoms. The first-order chi connectivity index (χ1) is 11.8. The van der Waals surface area contributed by atoms with Crippen LogP contribution in [0.3, 0.4) is 0 Å². The van der Waals surface area contributed by atoms with Crippen LogP contribution in [0.2, 0.25) is 0 Å². The van der Waals surface area contributed by atoms with Crippen LogP contribution in [0.1, 0.15) is 64.9 Å². The Morgan fingerprint density at radius 2 is 1.80 bits per heavy atom. The first-order valence-corrected chi connectivity index (χ1v) is 9.47. The lowest BCUT2D eigenvalue weighted by Gasteiger charge is -2.44. The van der Waals surface area contributed by atoms with Crippen LogP contribution < -0.4 is 0 Å². The SMILES string of the molecule is CC(C)(C)CCC1(O)CC2CCC(C1)N2C(=O)OCc1ccccc1.